The second kappa shape index (κ2) is 13.7. The van der Waals surface area contributed by atoms with Crippen LogP contribution in [-0.4, -0.2) is 50.5 Å². The second-order valence-electron chi connectivity index (χ2n) is 9.20. The molecule has 0 aliphatic carbocycles. The van der Waals surface area contributed by atoms with E-state index in [1.165, 1.54) is 10.6 Å². The first-order valence-electron chi connectivity index (χ1n) is 12.3. The highest BCUT2D eigenvalue weighted by Gasteiger charge is 2.26. The average molecular weight is 536 g/mol. The fourth-order valence-electron chi connectivity index (χ4n) is 3.88. The monoisotopic (exact) mass is 535 g/mol. The van der Waals surface area contributed by atoms with E-state index in [2.05, 4.69) is 5.32 Å². The smallest absolute Gasteiger partial charge is 0.242 e. The van der Waals surface area contributed by atoms with Crippen molar-refractivity contribution in [1.82, 2.24) is 10.2 Å². The number of benzene rings is 2. The van der Waals surface area contributed by atoms with Crippen molar-refractivity contribution >= 4 is 39.1 Å². The predicted molar refractivity (Wildman–Crippen MR) is 147 cm³/mol. The molecule has 0 aromatic heterocycles. The van der Waals surface area contributed by atoms with Crippen molar-refractivity contribution in [1.29, 1.82) is 0 Å². The molecule has 1 atom stereocenters. The second-order valence-corrected chi connectivity index (χ2v) is 11.5. The van der Waals surface area contributed by atoms with Gasteiger partial charge in [0, 0.05) is 31.1 Å². The number of rotatable bonds is 13. The van der Waals surface area contributed by atoms with E-state index in [1.807, 2.05) is 51.1 Å². The van der Waals surface area contributed by atoms with Crippen LogP contribution < -0.4 is 9.62 Å². The summed E-state index contributed by atoms with van der Waals surface area (Å²) in [6.45, 7) is 8.52. The van der Waals surface area contributed by atoms with Crippen molar-refractivity contribution in [2.24, 2.45) is 0 Å². The summed E-state index contributed by atoms with van der Waals surface area (Å²) in [5.41, 5.74) is 3.28. The van der Waals surface area contributed by atoms with Crippen molar-refractivity contribution < 1.29 is 18.0 Å². The molecule has 0 bridgehead atoms. The van der Waals surface area contributed by atoms with Gasteiger partial charge in [0.1, 0.15) is 6.04 Å². The number of halogens is 1. The number of nitrogens with one attached hydrogen (secondary N) is 1. The first-order chi connectivity index (χ1) is 16.9. The van der Waals surface area contributed by atoms with E-state index in [0.29, 0.717) is 23.7 Å². The summed E-state index contributed by atoms with van der Waals surface area (Å²) < 4.78 is 26.5. The Morgan fingerprint density at radius 2 is 1.72 bits per heavy atom. The van der Waals surface area contributed by atoms with Gasteiger partial charge >= 0.3 is 0 Å². The first-order valence-corrected chi connectivity index (χ1v) is 14.5. The highest BCUT2D eigenvalue weighted by molar-refractivity contribution is 7.92. The van der Waals surface area contributed by atoms with Crippen molar-refractivity contribution in [3.63, 3.8) is 0 Å². The summed E-state index contributed by atoms with van der Waals surface area (Å²) in [7, 11) is -3.54. The molecule has 9 heteroatoms. The Morgan fingerprint density at radius 3 is 2.33 bits per heavy atom. The lowest BCUT2D eigenvalue weighted by Crippen LogP contribution is -2.48. The van der Waals surface area contributed by atoms with E-state index in [0.717, 1.165) is 29.5 Å². The fourth-order valence-corrected chi connectivity index (χ4v) is 5.02. The Morgan fingerprint density at radius 1 is 1.06 bits per heavy atom. The molecule has 0 spiro atoms. The molecule has 7 nitrogen and oxygen atoms in total. The third-order valence-electron chi connectivity index (χ3n) is 6.05. The number of unbranched alkanes of at least 4 members (excludes halogenated alkanes) is 1. The molecule has 1 N–H and O–H groups in total. The summed E-state index contributed by atoms with van der Waals surface area (Å²) >= 11 is 6.00. The van der Waals surface area contributed by atoms with E-state index >= 15 is 0 Å². The molecule has 0 unspecified atom stereocenters. The molecule has 2 aromatic carbocycles. The summed E-state index contributed by atoms with van der Waals surface area (Å²) in [6.07, 6.45) is 3.42. The minimum absolute atomic E-state index is 0.108. The number of aryl methyl sites for hydroxylation is 2. The largest absolute Gasteiger partial charge is 0.354 e. The summed E-state index contributed by atoms with van der Waals surface area (Å²) in [5.74, 6) is -0.420. The molecule has 198 valence electrons. The van der Waals surface area contributed by atoms with Gasteiger partial charge in [-0.25, -0.2) is 8.42 Å². The van der Waals surface area contributed by atoms with E-state index in [4.69, 9.17) is 11.6 Å². The highest BCUT2D eigenvalue weighted by atomic mass is 35.5. The van der Waals surface area contributed by atoms with Crippen molar-refractivity contribution in [2.45, 2.75) is 66.0 Å². The number of carbonyl (C=O) groups is 2. The van der Waals surface area contributed by atoms with Gasteiger partial charge in [0.15, 0.2) is 0 Å². The zero-order valence-electron chi connectivity index (χ0n) is 21.9. The van der Waals surface area contributed by atoms with Gasteiger partial charge in [-0.3, -0.25) is 13.9 Å². The Balaban J connectivity index is 2.17. The zero-order valence-corrected chi connectivity index (χ0v) is 23.5. The third-order valence-corrected chi connectivity index (χ3v) is 7.48. The molecule has 0 saturated carbocycles. The number of hydrogen-bond acceptors (Lipinski definition) is 4. The molecule has 0 fully saturated rings. The van der Waals surface area contributed by atoms with Gasteiger partial charge in [-0.15, -0.1) is 0 Å². The normalized spacial score (nSPS) is 12.2. The van der Waals surface area contributed by atoms with Crippen LogP contribution in [0.4, 0.5) is 5.69 Å². The number of anilines is 1. The fraction of sp³-hybridized carbons (Fsp3) is 0.481. The van der Waals surface area contributed by atoms with Gasteiger partial charge in [0.25, 0.3) is 0 Å². The number of amides is 2. The van der Waals surface area contributed by atoms with Crippen LogP contribution in [0.25, 0.3) is 0 Å². The Kier molecular flexibility index (Phi) is 11.2. The number of sulfonamides is 1. The molecular formula is C27H38ClN3O4S. The Hall–Kier alpha value is -2.58. The SMILES string of the molecule is CCCCNC(=O)[C@H](C)N(Cc1ccc(Cl)cc1)C(=O)CCCN(c1cc(C)ccc1C)S(C)(=O)=O. The van der Waals surface area contributed by atoms with Crippen LogP contribution in [0.3, 0.4) is 0 Å². The van der Waals surface area contributed by atoms with Crippen molar-refractivity contribution in [3.05, 3.63) is 64.2 Å². The molecule has 2 aromatic rings. The van der Waals surface area contributed by atoms with Gasteiger partial charge in [0.2, 0.25) is 21.8 Å². The van der Waals surface area contributed by atoms with Gasteiger partial charge in [0.05, 0.1) is 11.9 Å². The average Bonchev–Trinajstić information content (AvgIpc) is 2.82. The Bertz CT molecular complexity index is 1140. The van der Waals surface area contributed by atoms with Gasteiger partial charge < -0.3 is 10.2 Å². The molecular weight excluding hydrogens is 498 g/mol. The molecule has 0 heterocycles. The van der Waals surface area contributed by atoms with Gasteiger partial charge in [-0.1, -0.05) is 49.2 Å². The van der Waals surface area contributed by atoms with E-state index in [9.17, 15) is 18.0 Å². The minimum Gasteiger partial charge on any atom is -0.354 e. The summed E-state index contributed by atoms with van der Waals surface area (Å²) in [4.78, 5) is 27.6. The van der Waals surface area contributed by atoms with E-state index < -0.39 is 16.1 Å². The maximum absolute atomic E-state index is 13.3. The van der Waals surface area contributed by atoms with E-state index in [-0.39, 0.29) is 31.3 Å². The third kappa shape index (κ3) is 8.82. The topological polar surface area (TPSA) is 86.8 Å². The van der Waals surface area contributed by atoms with Crippen LogP contribution in [0.15, 0.2) is 42.5 Å². The number of carbonyl (C=O) groups excluding carboxylic acids is 2. The lowest BCUT2D eigenvalue weighted by atomic mass is 10.1. The van der Waals surface area contributed by atoms with Crippen LogP contribution in [0.1, 0.15) is 56.2 Å². The zero-order chi connectivity index (χ0) is 26.9. The minimum atomic E-state index is -3.54. The lowest BCUT2D eigenvalue weighted by Gasteiger charge is -2.29. The first kappa shape index (κ1) is 29.6. The van der Waals surface area contributed by atoms with E-state index in [1.54, 1.807) is 24.0 Å². The van der Waals surface area contributed by atoms with Gasteiger partial charge in [-0.05, 0) is 68.5 Å². The lowest BCUT2D eigenvalue weighted by molar-refractivity contribution is -0.140. The van der Waals surface area contributed by atoms with Gasteiger partial charge in [-0.2, -0.15) is 0 Å². The van der Waals surface area contributed by atoms with Crippen LogP contribution in [-0.2, 0) is 26.2 Å². The predicted octanol–water partition coefficient (Wildman–Crippen LogP) is 4.84. The number of nitrogens with zero attached hydrogens (tertiary/aromatic N) is 2. The quantitative estimate of drug-likeness (QED) is 0.372. The molecule has 0 aliphatic rings. The number of hydrogen-bond donors (Lipinski definition) is 1. The summed E-state index contributed by atoms with van der Waals surface area (Å²) in [5, 5.41) is 3.49. The molecule has 36 heavy (non-hydrogen) atoms. The Labute approximate surface area is 220 Å². The molecule has 2 amide bonds. The maximum atomic E-state index is 13.3. The van der Waals surface area contributed by atoms with Crippen LogP contribution in [0, 0.1) is 13.8 Å². The van der Waals surface area contributed by atoms with Crippen molar-refractivity contribution in [2.75, 3.05) is 23.7 Å². The van der Waals surface area contributed by atoms with Crippen molar-refractivity contribution in [3.8, 4) is 0 Å². The maximum Gasteiger partial charge on any atom is 0.242 e. The van der Waals surface area contributed by atoms with Crippen LogP contribution >= 0.6 is 11.6 Å². The van der Waals surface area contributed by atoms with Crippen LogP contribution in [0.5, 0.6) is 0 Å². The molecule has 2 rings (SSSR count). The highest BCUT2D eigenvalue weighted by Crippen LogP contribution is 2.25. The summed E-state index contributed by atoms with van der Waals surface area (Å²) in [6, 6.07) is 12.2. The molecule has 0 radical (unpaired) electrons. The van der Waals surface area contributed by atoms with Crippen LogP contribution in [0.2, 0.25) is 5.02 Å². The molecule has 0 aliphatic heterocycles. The standard InChI is InChI=1S/C27H38ClN3O4S/c1-6-7-16-29-27(33)22(4)30(19-23-12-14-24(28)15-13-23)26(32)9-8-17-31(36(5,34)35)25-18-20(2)10-11-21(25)3/h10-15,18,22H,6-9,16-17,19H2,1-5H3,(H,29,33)/t22-/m0/s1. The molecule has 0 saturated heterocycles.